The van der Waals surface area contributed by atoms with Crippen molar-refractivity contribution in [3.05, 3.63) is 77.8 Å². The van der Waals surface area contributed by atoms with Crippen LogP contribution in [0.2, 0.25) is 0 Å². The molecule has 0 saturated heterocycles. The number of rotatable bonds is 6. The number of nitrogens with zero attached hydrogens (tertiary/aromatic N) is 7. The van der Waals surface area contributed by atoms with Gasteiger partial charge in [-0.25, -0.2) is 14.5 Å². The van der Waals surface area contributed by atoms with E-state index >= 15 is 0 Å². The smallest absolute Gasteiger partial charge is 0.192 e. The van der Waals surface area contributed by atoms with Crippen LogP contribution in [0.4, 0.5) is 0 Å². The van der Waals surface area contributed by atoms with Gasteiger partial charge in [0.2, 0.25) is 0 Å². The zero-order valence-electron chi connectivity index (χ0n) is 17.9. The molecule has 0 bridgehead atoms. The Labute approximate surface area is 184 Å². The average molecular weight is 427 g/mol. The zero-order chi connectivity index (χ0) is 22.1. The normalized spacial score (nSPS) is 11.6. The van der Waals surface area contributed by atoms with E-state index < -0.39 is 0 Å². The molecule has 0 aliphatic carbocycles. The molecule has 5 aromatic rings. The molecule has 5 rings (SSSR count). The van der Waals surface area contributed by atoms with Gasteiger partial charge in [-0.2, -0.15) is 0 Å². The van der Waals surface area contributed by atoms with Crippen molar-refractivity contribution in [3.8, 4) is 11.4 Å². The van der Waals surface area contributed by atoms with Gasteiger partial charge in [0, 0.05) is 11.9 Å². The van der Waals surface area contributed by atoms with Gasteiger partial charge in [0.15, 0.2) is 23.7 Å². The number of fused-ring (bicyclic) bond motifs is 3. The Kier molecular flexibility index (Phi) is 4.98. The molecule has 9 nitrogen and oxygen atoms in total. The summed E-state index contributed by atoms with van der Waals surface area (Å²) in [6.45, 7) is 4.28. The second-order valence-corrected chi connectivity index (χ2v) is 7.28. The molecule has 0 atom stereocenters. The van der Waals surface area contributed by atoms with E-state index in [1.165, 1.54) is 0 Å². The largest absolute Gasteiger partial charge is 0.497 e. The molecule has 0 aliphatic rings. The molecule has 32 heavy (non-hydrogen) atoms. The number of hydrogen-bond acceptors (Lipinski definition) is 7. The molecule has 0 aliphatic heterocycles. The highest BCUT2D eigenvalue weighted by Crippen LogP contribution is 2.29. The Hall–Kier alpha value is -4.27. The quantitative estimate of drug-likeness (QED) is 0.303. The number of benzene rings is 1. The van der Waals surface area contributed by atoms with Gasteiger partial charge in [0.25, 0.3) is 0 Å². The summed E-state index contributed by atoms with van der Waals surface area (Å²) < 4.78 is 8.91. The lowest BCUT2D eigenvalue weighted by molar-refractivity contribution is 0.126. The van der Waals surface area contributed by atoms with Crippen LogP contribution in [0, 0.1) is 13.8 Å². The molecule has 0 amide bonds. The van der Waals surface area contributed by atoms with Crippen LogP contribution in [0.25, 0.3) is 22.4 Å². The summed E-state index contributed by atoms with van der Waals surface area (Å²) in [5.74, 6) is 1.32. The lowest BCUT2D eigenvalue weighted by atomic mass is 10.2. The molecule has 0 spiro atoms. The molecule has 0 N–H and O–H groups in total. The zero-order valence-corrected chi connectivity index (χ0v) is 17.9. The predicted molar refractivity (Wildman–Crippen MR) is 120 cm³/mol. The summed E-state index contributed by atoms with van der Waals surface area (Å²) in [5, 5.41) is 9.46. The van der Waals surface area contributed by atoms with Crippen LogP contribution in [-0.4, -0.2) is 42.5 Å². The second kappa shape index (κ2) is 8.10. The van der Waals surface area contributed by atoms with Gasteiger partial charge in [0.05, 0.1) is 30.6 Å². The molecule has 9 heteroatoms. The van der Waals surface area contributed by atoms with E-state index in [9.17, 15) is 0 Å². The Morgan fingerprint density at radius 1 is 1.09 bits per heavy atom. The Morgan fingerprint density at radius 3 is 2.69 bits per heavy atom. The molecule has 0 unspecified atom stereocenters. The van der Waals surface area contributed by atoms with E-state index in [0.29, 0.717) is 5.82 Å². The van der Waals surface area contributed by atoms with E-state index in [1.807, 2.05) is 42.6 Å². The van der Waals surface area contributed by atoms with Crippen molar-refractivity contribution >= 4 is 22.9 Å². The number of aryl methyl sites for hydroxylation is 1. The van der Waals surface area contributed by atoms with Gasteiger partial charge in [-0.3, -0.25) is 9.55 Å². The number of methoxy groups -OCH3 is 1. The fraction of sp³-hybridized carbons (Fsp3) is 0.174. The first kappa shape index (κ1) is 19.7. The summed E-state index contributed by atoms with van der Waals surface area (Å²) in [6, 6.07) is 11.4. The summed E-state index contributed by atoms with van der Waals surface area (Å²) >= 11 is 0. The molecule has 0 fully saturated rings. The third-order valence-electron chi connectivity index (χ3n) is 5.37. The van der Waals surface area contributed by atoms with E-state index in [1.54, 1.807) is 30.4 Å². The molecule has 0 saturated carbocycles. The number of pyridine rings is 1. The molecular weight excluding hydrogens is 406 g/mol. The van der Waals surface area contributed by atoms with Crippen LogP contribution in [-0.2, 0) is 11.4 Å². The van der Waals surface area contributed by atoms with Crippen molar-refractivity contribution in [1.82, 2.24) is 29.1 Å². The predicted octanol–water partition coefficient (Wildman–Crippen LogP) is 3.64. The van der Waals surface area contributed by atoms with Crippen molar-refractivity contribution in [2.75, 3.05) is 7.11 Å². The Balaban J connectivity index is 1.42. The van der Waals surface area contributed by atoms with Crippen LogP contribution in [0.15, 0.2) is 60.3 Å². The Morgan fingerprint density at radius 2 is 1.94 bits per heavy atom. The first-order valence-corrected chi connectivity index (χ1v) is 10.1. The summed E-state index contributed by atoms with van der Waals surface area (Å²) in [7, 11) is 1.63. The molecule has 160 valence electrons. The minimum Gasteiger partial charge on any atom is -0.497 e. The number of hydrogen-bond donors (Lipinski definition) is 0. The van der Waals surface area contributed by atoms with Gasteiger partial charge < -0.3 is 9.57 Å². The van der Waals surface area contributed by atoms with Crippen LogP contribution in [0.3, 0.4) is 0 Å². The number of ether oxygens (including phenoxy) is 1. The highest BCUT2D eigenvalue weighted by molar-refractivity contribution is 5.94. The van der Waals surface area contributed by atoms with E-state index in [-0.39, 0.29) is 6.61 Å². The van der Waals surface area contributed by atoms with Gasteiger partial charge in [0.1, 0.15) is 12.1 Å². The molecule has 1 aromatic carbocycles. The van der Waals surface area contributed by atoms with Crippen molar-refractivity contribution in [3.63, 3.8) is 0 Å². The van der Waals surface area contributed by atoms with Gasteiger partial charge in [-0.15, -0.1) is 5.10 Å². The molecule has 0 radical (unpaired) electrons. The summed E-state index contributed by atoms with van der Waals surface area (Å²) in [5.41, 5.74) is 5.59. The third-order valence-corrected chi connectivity index (χ3v) is 5.37. The van der Waals surface area contributed by atoms with Gasteiger partial charge in [-0.05, 0) is 61.4 Å². The highest BCUT2D eigenvalue weighted by atomic mass is 16.6. The minimum atomic E-state index is 0.150. The minimum absolute atomic E-state index is 0.150. The van der Waals surface area contributed by atoms with Crippen molar-refractivity contribution in [2.45, 2.75) is 20.5 Å². The van der Waals surface area contributed by atoms with Gasteiger partial charge in [-0.1, -0.05) is 5.16 Å². The first-order chi connectivity index (χ1) is 15.7. The van der Waals surface area contributed by atoms with Gasteiger partial charge >= 0.3 is 0 Å². The maximum atomic E-state index is 5.42. The highest BCUT2D eigenvalue weighted by Gasteiger charge is 2.19. The number of oxime groups is 1. The first-order valence-electron chi connectivity index (χ1n) is 10.1. The maximum Gasteiger partial charge on any atom is 0.192 e. The van der Waals surface area contributed by atoms with Crippen LogP contribution in [0.1, 0.15) is 22.6 Å². The van der Waals surface area contributed by atoms with Crippen molar-refractivity contribution in [2.24, 2.45) is 5.16 Å². The SMILES string of the molecule is COc1ccc(/C=N\OCc2nc3c4c(C)c(C)n(-c5cccnc5)c4ncn3n2)cc1. The van der Waals surface area contributed by atoms with Crippen LogP contribution >= 0.6 is 0 Å². The lowest BCUT2D eigenvalue weighted by Crippen LogP contribution is -1.99. The summed E-state index contributed by atoms with van der Waals surface area (Å²) in [4.78, 5) is 19.0. The van der Waals surface area contributed by atoms with Crippen molar-refractivity contribution in [1.29, 1.82) is 0 Å². The fourth-order valence-corrected chi connectivity index (χ4v) is 3.65. The van der Waals surface area contributed by atoms with E-state index in [4.69, 9.17) is 9.57 Å². The van der Waals surface area contributed by atoms with Crippen molar-refractivity contribution < 1.29 is 9.57 Å². The standard InChI is InChI=1S/C23H21N7O2/c1-15-16(2)30(18-5-4-10-24-12-18)22-21(15)23-27-20(28-29(23)14-25-22)13-32-26-11-17-6-8-19(31-3)9-7-17/h4-12,14H,13H2,1-3H3/b26-11-. The fourth-order valence-electron chi connectivity index (χ4n) is 3.65. The van der Waals surface area contributed by atoms with Crippen LogP contribution < -0.4 is 4.74 Å². The monoisotopic (exact) mass is 427 g/mol. The molecule has 4 heterocycles. The maximum absolute atomic E-state index is 5.42. The van der Waals surface area contributed by atoms with Crippen LogP contribution in [0.5, 0.6) is 5.75 Å². The Bertz CT molecular complexity index is 1420. The number of aromatic nitrogens is 6. The summed E-state index contributed by atoms with van der Waals surface area (Å²) in [6.07, 6.45) is 6.88. The van der Waals surface area contributed by atoms with E-state index in [2.05, 4.69) is 43.6 Å². The van der Waals surface area contributed by atoms with E-state index in [0.717, 1.165) is 44.9 Å². The molecule has 4 aromatic heterocycles. The topological polar surface area (TPSA) is 91.7 Å². The molecular formula is C23H21N7O2. The average Bonchev–Trinajstić information content (AvgIpc) is 3.36. The third kappa shape index (κ3) is 3.43. The lowest BCUT2D eigenvalue weighted by Gasteiger charge is -2.06. The second-order valence-electron chi connectivity index (χ2n) is 7.28.